The lowest BCUT2D eigenvalue weighted by Gasteiger charge is -2.29. The van der Waals surface area contributed by atoms with Gasteiger partial charge in [0.2, 0.25) is 0 Å². The molecule has 3 aromatic carbocycles. The maximum absolute atomic E-state index is 11.2. The molecule has 31 heavy (non-hydrogen) atoms. The summed E-state index contributed by atoms with van der Waals surface area (Å²) in [5, 5.41) is 10.9. The fraction of sp³-hybridized carbons (Fsp3) is 0.125. The van der Waals surface area contributed by atoms with Crippen LogP contribution in [0.3, 0.4) is 0 Å². The van der Waals surface area contributed by atoms with Gasteiger partial charge in [-0.05, 0) is 69.9 Å². The van der Waals surface area contributed by atoms with E-state index in [0.29, 0.717) is 11.4 Å². The van der Waals surface area contributed by atoms with Crippen LogP contribution in [-0.4, -0.2) is 10.8 Å². The van der Waals surface area contributed by atoms with Crippen LogP contribution in [0.5, 0.6) is 0 Å². The predicted molar refractivity (Wildman–Crippen MR) is 121 cm³/mol. The van der Waals surface area contributed by atoms with E-state index in [-0.39, 0.29) is 12.1 Å². The van der Waals surface area contributed by atoms with E-state index in [2.05, 4.69) is 26.7 Å². The topological polar surface area (TPSA) is 99.0 Å². The first-order valence-electron chi connectivity index (χ1n) is 10.0. The van der Waals surface area contributed by atoms with Gasteiger partial charge in [-0.1, -0.05) is 30.3 Å². The van der Waals surface area contributed by atoms with Crippen LogP contribution in [-0.2, 0) is 0 Å². The van der Waals surface area contributed by atoms with Crippen LogP contribution in [0.4, 0.5) is 11.4 Å². The van der Waals surface area contributed by atoms with E-state index in [1.807, 2.05) is 49.4 Å². The fourth-order valence-electron chi connectivity index (χ4n) is 4.90. The molecule has 0 saturated heterocycles. The molecule has 0 spiro atoms. The first-order chi connectivity index (χ1) is 15.2. The summed E-state index contributed by atoms with van der Waals surface area (Å²) in [5.41, 5.74) is 7.77. The summed E-state index contributed by atoms with van der Waals surface area (Å²) in [6.07, 6.45) is 0. The van der Waals surface area contributed by atoms with Crippen LogP contribution < -0.4 is 5.32 Å². The van der Waals surface area contributed by atoms with Gasteiger partial charge < -0.3 is 10.3 Å². The highest BCUT2D eigenvalue weighted by Crippen LogP contribution is 2.50. The van der Waals surface area contributed by atoms with Crippen LogP contribution in [0.15, 0.2) is 76.0 Å². The monoisotopic (exact) mass is 407 g/mol. The lowest BCUT2D eigenvalue weighted by atomic mass is 9.79. The van der Waals surface area contributed by atoms with E-state index in [4.69, 9.17) is 4.99 Å². The quantitative estimate of drug-likeness (QED) is 0.402. The number of benzene rings is 3. The van der Waals surface area contributed by atoms with E-state index >= 15 is 0 Å². The minimum Gasteiger partial charge on any atom is -0.360 e. The average Bonchev–Trinajstić information content (AvgIpc) is 3.39. The van der Waals surface area contributed by atoms with Gasteiger partial charge in [-0.2, -0.15) is 0 Å². The van der Waals surface area contributed by atoms with E-state index < -0.39 is 0 Å². The first-order valence-corrected chi connectivity index (χ1v) is 10.0. The molecule has 0 bridgehead atoms. The van der Waals surface area contributed by atoms with Gasteiger partial charge in [-0.3, -0.25) is 4.99 Å². The molecule has 0 radical (unpaired) electrons. The number of nitrogens with one attached hydrogen (secondary N) is 2. The molecule has 1 aliphatic carbocycles. The van der Waals surface area contributed by atoms with Gasteiger partial charge in [0.1, 0.15) is 23.3 Å². The van der Waals surface area contributed by atoms with E-state index in [9.17, 15) is 9.81 Å². The highest BCUT2D eigenvalue weighted by molar-refractivity contribution is 6.12. The van der Waals surface area contributed by atoms with Crippen LogP contribution in [0.2, 0.25) is 0 Å². The van der Waals surface area contributed by atoms with E-state index in [1.54, 1.807) is 12.1 Å². The third-order valence-electron chi connectivity index (χ3n) is 6.23. The Bertz CT molecular complexity index is 1440. The molecule has 2 N–H and O–H groups in total. The summed E-state index contributed by atoms with van der Waals surface area (Å²) < 4.78 is 0. The predicted octanol–water partition coefficient (Wildman–Crippen LogP) is 6.08. The number of aliphatic imine (C=N–C) groups is 1. The van der Waals surface area contributed by atoms with Crippen molar-refractivity contribution in [3.63, 3.8) is 0 Å². The summed E-state index contributed by atoms with van der Waals surface area (Å²) in [6.45, 7) is 2.03. The number of aromatic nitrogens is 1. The van der Waals surface area contributed by atoms with Crippen LogP contribution in [0.1, 0.15) is 34.5 Å². The Morgan fingerprint density at radius 3 is 2.29 bits per heavy atom. The smallest absolute Gasteiger partial charge is 0.132 e. The average molecular weight is 407 g/mol. The Hall–Kier alpha value is -4.13. The highest BCUT2D eigenvalue weighted by atomic mass is 16.3. The SMILES string of the molecule is Cc1[nH]c2ccccc2c1C1=NC2c3cc(N=O)ccc3-c3ccc(N=O)cc3C2N1. The Balaban J connectivity index is 1.58. The molecule has 0 saturated carbocycles. The van der Waals surface area contributed by atoms with E-state index in [0.717, 1.165) is 50.2 Å². The molecule has 6 rings (SSSR count). The fourth-order valence-corrected chi connectivity index (χ4v) is 4.90. The molecule has 4 aromatic rings. The number of rotatable bonds is 3. The van der Waals surface area contributed by atoms with Crippen LogP contribution in [0.25, 0.3) is 22.0 Å². The lowest BCUT2D eigenvalue weighted by molar-refractivity contribution is 0.566. The zero-order valence-corrected chi connectivity index (χ0v) is 16.6. The van der Waals surface area contributed by atoms with Gasteiger partial charge >= 0.3 is 0 Å². The number of hydrogen-bond donors (Lipinski definition) is 2. The number of para-hydroxylation sites is 1. The highest BCUT2D eigenvalue weighted by Gasteiger charge is 2.39. The van der Waals surface area contributed by atoms with Crippen molar-refractivity contribution in [1.82, 2.24) is 10.3 Å². The molecular weight excluding hydrogens is 390 g/mol. The van der Waals surface area contributed by atoms with Crippen molar-refractivity contribution in [2.45, 2.75) is 19.0 Å². The second-order valence-electron chi connectivity index (χ2n) is 7.94. The number of nitrogens with zero attached hydrogens (tertiary/aromatic N) is 3. The summed E-state index contributed by atoms with van der Waals surface area (Å²) in [4.78, 5) is 30.9. The molecule has 7 nitrogen and oxygen atoms in total. The van der Waals surface area contributed by atoms with Gasteiger partial charge in [0, 0.05) is 22.2 Å². The van der Waals surface area contributed by atoms with Crippen molar-refractivity contribution < 1.29 is 0 Å². The number of aromatic amines is 1. The third-order valence-corrected chi connectivity index (χ3v) is 6.23. The number of fused-ring (bicyclic) bond motifs is 7. The minimum atomic E-state index is -0.242. The normalized spacial score (nSPS) is 18.5. The maximum Gasteiger partial charge on any atom is 0.132 e. The summed E-state index contributed by atoms with van der Waals surface area (Å²) in [6, 6.07) is 18.6. The molecule has 2 unspecified atom stereocenters. The van der Waals surface area contributed by atoms with Crippen molar-refractivity contribution in [3.05, 3.63) is 92.9 Å². The molecule has 150 valence electrons. The summed E-state index contributed by atoms with van der Waals surface area (Å²) in [7, 11) is 0. The first kappa shape index (κ1) is 17.7. The molecule has 1 aliphatic heterocycles. The minimum absolute atomic E-state index is 0.172. The lowest BCUT2D eigenvalue weighted by Crippen LogP contribution is -2.27. The molecular formula is C24H17N5O2. The molecule has 0 fully saturated rings. The van der Waals surface area contributed by atoms with Crippen LogP contribution in [0, 0.1) is 16.7 Å². The number of amidine groups is 1. The number of nitroso groups, excluding NO2 is 2. The Morgan fingerprint density at radius 2 is 1.55 bits per heavy atom. The molecule has 7 heteroatoms. The van der Waals surface area contributed by atoms with Gasteiger partial charge in [-0.25, -0.2) is 0 Å². The molecule has 2 atom stereocenters. The number of hydrogen-bond acceptors (Lipinski definition) is 6. The van der Waals surface area contributed by atoms with Crippen molar-refractivity contribution in [1.29, 1.82) is 0 Å². The zero-order chi connectivity index (χ0) is 21.1. The number of aryl methyl sites for hydroxylation is 1. The Kier molecular flexibility index (Phi) is 3.67. The number of H-pyrrole nitrogens is 1. The molecule has 2 aliphatic rings. The Labute approximate surface area is 177 Å². The van der Waals surface area contributed by atoms with Crippen molar-refractivity contribution in [3.8, 4) is 11.1 Å². The van der Waals surface area contributed by atoms with E-state index in [1.165, 1.54) is 0 Å². The van der Waals surface area contributed by atoms with Gasteiger partial charge in [0.15, 0.2) is 0 Å². The third kappa shape index (κ3) is 2.49. The Morgan fingerprint density at radius 1 is 0.871 bits per heavy atom. The summed E-state index contributed by atoms with van der Waals surface area (Å²) >= 11 is 0. The van der Waals surface area contributed by atoms with Crippen LogP contribution >= 0.6 is 0 Å². The second kappa shape index (κ2) is 6.43. The zero-order valence-electron chi connectivity index (χ0n) is 16.6. The largest absolute Gasteiger partial charge is 0.360 e. The second-order valence-corrected chi connectivity index (χ2v) is 7.94. The van der Waals surface area contributed by atoms with Crippen molar-refractivity contribution in [2.75, 3.05) is 0 Å². The molecule has 2 heterocycles. The van der Waals surface area contributed by atoms with Crippen molar-refractivity contribution >= 4 is 28.1 Å². The van der Waals surface area contributed by atoms with Gasteiger partial charge in [0.25, 0.3) is 0 Å². The molecule has 0 amide bonds. The maximum atomic E-state index is 11.2. The molecule has 1 aromatic heterocycles. The van der Waals surface area contributed by atoms with Crippen molar-refractivity contribution in [2.24, 2.45) is 15.3 Å². The standard InChI is InChI=1S/C24H17N5O2/c1-12-21(17-4-2-3-5-20(17)25-12)24-26-22-18-10-13(28-30)6-8-15(18)16-9-7-14(29-31)11-19(16)23(22)27-24/h2-11,22-23,25H,1H3,(H,26,27). The van der Waals surface area contributed by atoms with Gasteiger partial charge in [0.05, 0.1) is 6.04 Å². The van der Waals surface area contributed by atoms with Gasteiger partial charge in [-0.15, -0.1) is 9.81 Å². The summed E-state index contributed by atoms with van der Waals surface area (Å²) in [5.74, 6) is 0.790.